The molecule has 11 nitrogen and oxygen atoms in total. The van der Waals surface area contributed by atoms with Crippen molar-refractivity contribution in [3.05, 3.63) is 65.3 Å². The van der Waals surface area contributed by atoms with Gasteiger partial charge in [0.1, 0.15) is 18.0 Å². The maximum absolute atomic E-state index is 14.4. The largest absolute Gasteiger partial charge is 0.337 e. The van der Waals surface area contributed by atoms with Gasteiger partial charge in [-0.25, -0.2) is 22.5 Å². The Labute approximate surface area is 190 Å². The van der Waals surface area contributed by atoms with Crippen LogP contribution in [0.25, 0.3) is 5.69 Å². The molecule has 4 aromatic rings. The van der Waals surface area contributed by atoms with Gasteiger partial charge in [-0.15, -0.1) is 5.10 Å². The molecule has 0 aliphatic carbocycles. The molecule has 0 aliphatic heterocycles. The van der Waals surface area contributed by atoms with Crippen molar-refractivity contribution in [1.29, 1.82) is 0 Å². The molecule has 0 aliphatic rings. The van der Waals surface area contributed by atoms with E-state index in [1.807, 2.05) is 0 Å². The van der Waals surface area contributed by atoms with Gasteiger partial charge < -0.3 is 10.6 Å². The second-order valence-electron chi connectivity index (χ2n) is 6.48. The summed E-state index contributed by atoms with van der Waals surface area (Å²) in [5, 5.41) is 16.8. The molecule has 0 saturated heterocycles. The van der Waals surface area contributed by atoms with Crippen LogP contribution in [0.15, 0.2) is 59.5 Å². The molecular formula is C18H15BrFN9O2S. The predicted molar refractivity (Wildman–Crippen MR) is 120 cm³/mol. The van der Waals surface area contributed by atoms with Crippen molar-refractivity contribution >= 4 is 54.8 Å². The number of hydrogen-bond donors (Lipinski definition) is 3. The SMILES string of the molecule is CS(=O)(=O)Nc1ccccc1Nc1nc(Nc2cc(-n3cnnn3)ccc2F)ncc1Br. The number of benzene rings is 2. The standard InChI is InChI=1S/C18H15BrFN9O2S/c1-32(30,31)26-15-5-3-2-4-14(15)23-17-12(19)9-21-18(25-17)24-16-8-11(6-7-13(16)20)29-10-22-27-28-29/h2-10,26H,1H3,(H2,21,23,24,25). The minimum Gasteiger partial charge on any atom is -0.337 e. The van der Waals surface area contributed by atoms with Crippen LogP contribution in [-0.2, 0) is 10.0 Å². The van der Waals surface area contributed by atoms with Crippen molar-refractivity contribution in [3.63, 3.8) is 0 Å². The molecule has 164 valence electrons. The van der Waals surface area contributed by atoms with Crippen LogP contribution in [0.5, 0.6) is 0 Å². The first kappa shape index (κ1) is 21.6. The molecule has 0 spiro atoms. The highest BCUT2D eigenvalue weighted by Gasteiger charge is 2.13. The van der Waals surface area contributed by atoms with Crippen LogP contribution in [0.3, 0.4) is 0 Å². The summed E-state index contributed by atoms with van der Waals surface area (Å²) in [6.07, 6.45) is 3.93. The van der Waals surface area contributed by atoms with Gasteiger partial charge in [-0.2, -0.15) is 4.98 Å². The zero-order chi connectivity index (χ0) is 22.7. The molecular weight excluding hydrogens is 505 g/mol. The Morgan fingerprint density at radius 2 is 1.84 bits per heavy atom. The number of anilines is 5. The summed E-state index contributed by atoms with van der Waals surface area (Å²) < 4.78 is 42.0. The fourth-order valence-electron chi connectivity index (χ4n) is 2.68. The first-order chi connectivity index (χ1) is 15.3. The monoisotopic (exact) mass is 519 g/mol. The van der Waals surface area contributed by atoms with Crippen LogP contribution < -0.4 is 15.4 Å². The normalized spacial score (nSPS) is 11.2. The van der Waals surface area contributed by atoms with E-state index in [4.69, 9.17) is 0 Å². The maximum atomic E-state index is 14.4. The molecule has 32 heavy (non-hydrogen) atoms. The van der Waals surface area contributed by atoms with E-state index >= 15 is 0 Å². The lowest BCUT2D eigenvalue weighted by molar-refractivity contribution is 0.607. The number of nitrogens with zero attached hydrogens (tertiary/aromatic N) is 6. The van der Waals surface area contributed by atoms with Gasteiger partial charge in [-0.05, 0) is 56.7 Å². The van der Waals surface area contributed by atoms with E-state index in [0.29, 0.717) is 27.4 Å². The Morgan fingerprint density at radius 1 is 1.06 bits per heavy atom. The minimum absolute atomic E-state index is 0.108. The second kappa shape index (κ2) is 8.84. The molecule has 0 unspecified atom stereocenters. The average Bonchev–Trinajstić information content (AvgIpc) is 3.27. The third-order valence-corrected chi connectivity index (χ3v) is 5.20. The molecule has 2 aromatic carbocycles. The van der Waals surface area contributed by atoms with Crippen molar-refractivity contribution in [1.82, 2.24) is 30.2 Å². The van der Waals surface area contributed by atoms with Crippen molar-refractivity contribution in [2.24, 2.45) is 0 Å². The van der Waals surface area contributed by atoms with Crippen LogP contribution >= 0.6 is 15.9 Å². The first-order valence-electron chi connectivity index (χ1n) is 8.95. The van der Waals surface area contributed by atoms with Gasteiger partial charge in [-0.1, -0.05) is 12.1 Å². The number of rotatable bonds is 7. The van der Waals surface area contributed by atoms with E-state index in [9.17, 15) is 12.8 Å². The summed E-state index contributed by atoms with van der Waals surface area (Å²) >= 11 is 3.36. The fourth-order valence-corrected chi connectivity index (χ4v) is 3.54. The first-order valence-corrected chi connectivity index (χ1v) is 11.6. The molecule has 4 rings (SSSR count). The lowest BCUT2D eigenvalue weighted by Crippen LogP contribution is -2.11. The lowest BCUT2D eigenvalue weighted by Gasteiger charge is -2.14. The van der Waals surface area contributed by atoms with Crippen LogP contribution in [-0.4, -0.2) is 44.8 Å². The topological polar surface area (TPSA) is 140 Å². The molecule has 0 bridgehead atoms. The quantitative estimate of drug-likeness (QED) is 0.335. The molecule has 2 aromatic heterocycles. The number of nitrogens with one attached hydrogen (secondary N) is 3. The third-order valence-electron chi connectivity index (χ3n) is 4.03. The zero-order valence-electron chi connectivity index (χ0n) is 16.4. The summed E-state index contributed by atoms with van der Waals surface area (Å²) in [7, 11) is -3.48. The third kappa shape index (κ3) is 5.15. The maximum Gasteiger partial charge on any atom is 0.229 e. The molecule has 3 N–H and O–H groups in total. The smallest absolute Gasteiger partial charge is 0.229 e. The molecule has 14 heteroatoms. The summed E-state index contributed by atoms with van der Waals surface area (Å²) in [6, 6.07) is 11.0. The van der Waals surface area contributed by atoms with E-state index in [1.54, 1.807) is 24.3 Å². The predicted octanol–water partition coefficient (Wildman–Crippen LogP) is 3.21. The fraction of sp³-hybridized carbons (Fsp3) is 0.0556. The number of tetrazole rings is 1. The minimum atomic E-state index is -3.48. The summed E-state index contributed by atoms with van der Waals surface area (Å²) in [5.74, 6) is -0.0788. The number of halogens is 2. The summed E-state index contributed by atoms with van der Waals surface area (Å²) in [4.78, 5) is 8.52. The van der Waals surface area contributed by atoms with Gasteiger partial charge in [0.15, 0.2) is 0 Å². The zero-order valence-corrected chi connectivity index (χ0v) is 18.8. The summed E-state index contributed by atoms with van der Waals surface area (Å²) in [5.41, 5.74) is 1.46. The van der Waals surface area contributed by atoms with Gasteiger partial charge >= 0.3 is 0 Å². The second-order valence-corrected chi connectivity index (χ2v) is 9.08. The highest BCUT2D eigenvalue weighted by Crippen LogP contribution is 2.30. The van der Waals surface area contributed by atoms with E-state index in [-0.39, 0.29) is 11.6 Å². The average molecular weight is 520 g/mol. The highest BCUT2D eigenvalue weighted by atomic mass is 79.9. The molecule has 0 fully saturated rings. The van der Waals surface area contributed by atoms with Crippen LogP contribution in [0.2, 0.25) is 0 Å². The number of para-hydroxylation sites is 2. The van der Waals surface area contributed by atoms with Crippen LogP contribution in [0.4, 0.5) is 33.2 Å². The van der Waals surface area contributed by atoms with E-state index in [2.05, 4.69) is 56.8 Å². The number of aromatic nitrogens is 6. The van der Waals surface area contributed by atoms with Gasteiger partial charge in [0.05, 0.1) is 33.5 Å². The Bertz CT molecular complexity index is 1370. The lowest BCUT2D eigenvalue weighted by atomic mass is 10.2. The van der Waals surface area contributed by atoms with Crippen LogP contribution in [0.1, 0.15) is 0 Å². The Kier molecular flexibility index (Phi) is 5.96. The highest BCUT2D eigenvalue weighted by molar-refractivity contribution is 9.10. The Balaban J connectivity index is 1.62. The van der Waals surface area contributed by atoms with E-state index < -0.39 is 15.8 Å². The Morgan fingerprint density at radius 3 is 2.56 bits per heavy atom. The van der Waals surface area contributed by atoms with Crippen molar-refractivity contribution < 1.29 is 12.8 Å². The van der Waals surface area contributed by atoms with Crippen LogP contribution in [0, 0.1) is 5.82 Å². The molecule has 0 radical (unpaired) electrons. The molecule has 0 amide bonds. The van der Waals surface area contributed by atoms with E-state index in [1.165, 1.54) is 35.4 Å². The van der Waals surface area contributed by atoms with Crippen molar-refractivity contribution in [3.8, 4) is 5.69 Å². The molecule has 2 heterocycles. The molecule has 0 atom stereocenters. The van der Waals surface area contributed by atoms with Gasteiger partial charge in [-0.3, -0.25) is 4.72 Å². The van der Waals surface area contributed by atoms with Gasteiger partial charge in [0.2, 0.25) is 16.0 Å². The Hall–Kier alpha value is -3.65. The summed E-state index contributed by atoms with van der Waals surface area (Å²) in [6.45, 7) is 0. The number of sulfonamides is 1. The van der Waals surface area contributed by atoms with Gasteiger partial charge in [0, 0.05) is 6.20 Å². The molecule has 0 saturated carbocycles. The van der Waals surface area contributed by atoms with E-state index in [0.717, 1.165) is 6.26 Å². The van der Waals surface area contributed by atoms with Gasteiger partial charge in [0.25, 0.3) is 0 Å². The number of hydrogen-bond acceptors (Lipinski definition) is 9. The van der Waals surface area contributed by atoms with Crippen molar-refractivity contribution in [2.75, 3.05) is 21.6 Å². The van der Waals surface area contributed by atoms with Crippen molar-refractivity contribution in [2.45, 2.75) is 0 Å².